The van der Waals surface area contributed by atoms with Crippen LogP contribution >= 0.6 is 11.6 Å². The summed E-state index contributed by atoms with van der Waals surface area (Å²) < 4.78 is 25.8. The summed E-state index contributed by atoms with van der Waals surface area (Å²) in [6, 6.07) is 7.89. The average Bonchev–Trinajstić information content (AvgIpc) is 3.02. The molecule has 28 heavy (non-hydrogen) atoms. The third-order valence-corrected chi connectivity index (χ3v) is 6.90. The van der Waals surface area contributed by atoms with Crippen molar-refractivity contribution in [2.75, 3.05) is 14.1 Å². The van der Waals surface area contributed by atoms with E-state index in [4.69, 9.17) is 11.6 Å². The molecule has 0 bridgehead atoms. The van der Waals surface area contributed by atoms with Crippen LogP contribution in [0.1, 0.15) is 28.9 Å². The Balaban J connectivity index is 1.79. The summed E-state index contributed by atoms with van der Waals surface area (Å²) in [5.41, 5.74) is 7.38. The van der Waals surface area contributed by atoms with Gasteiger partial charge in [0.2, 0.25) is 10.0 Å². The van der Waals surface area contributed by atoms with Gasteiger partial charge in [0.25, 0.3) is 5.91 Å². The Labute approximate surface area is 169 Å². The molecule has 1 aliphatic heterocycles. The van der Waals surface area contributed by atoms with Crippen LogP contribution in [0.15, 0.2) is 47.6 Å². The van der Waals surface area contributed by atoms with E-state index < -0.39 is 15.9 Å². The van der Waals surface area contributed by atoms with Crippen LogP contribution in [0.4, 0.5) is 0 Å². The van der Waals surface area contributed by atoms with Crippen molar-refractivity contribution in [1.82, 2.24) is 25.5 Å². The summed E-state index contributed by atoms with van der Waals surface area (Å²) in [6.45, 7) is 2.00. The highest BCUT2D eigenvalue weighted by Crippen LogP contribution is 2.28. The number of pyridine rings is 1. The first kappa shape index (κ1) is 20.7. The summed E-state index contributed by atoms with van der Waals surface area (Å²) in [5, 5.41) is 3.05. The van der Waals surface area contributed by atoms with Gasteiger partial charge in [0, 0.05) is 32.4 Å². The Morgan fingerprint density at radius 2 is 1.86 bits per heavy atom. The maximum Gasteiger partial charge on any atom is 0.254 e. The highest BCUT2D eigenvalue weighted by molar-refractivity contribution is 7.89. The van der Waals surface area contributed by atoms with Crippen molar-refractivity contribution in [3.63, 3.8) is 0 Å². The van der Waals surface area contributed by atoms with E-state index in [-0.39, 0.29) is 33.6 Å². The van der Waals surface area contributed by atoms with Gasteiger partial charge in [-0.15, -0.1) is 0 Å². The number of carbonyl (C=O) groups excluding carboxylic acids is 1. The molecule has 8 nitrogen and oxygen atoms in total. The Hall–Kier alpha value is -2.04. The third kappa shape index (κ3) is 4.03. The maximum atomic E-state index is 12.8. The second-order valence-corrected chi connectivity index (χ2v) is 9.35. The number of carbonyl (C=O) groups is 1. The maximum absolute atomic E-state index is 12.8. The lowest BCUT2D eigenvalue weighted by atomic mass is 9.95. The molecule has 10 heteroatoms. The third-order valence-electron chi connectivity index (χ3n) is 4.76. The molecule has 1 saturated heterocycles. The molecule has 2 heterocycles. The van der Waals surface area contributed by atoms with E-state index >= 15 is 0 Å². The second-order valence-electron chi connectivity index (χ2n) is 6.79. The minimum absolute atomic E-state index is 0.00673. The molecule has 150 valence electrons. The van der Waals surface area contributed by atoms with E-state index in [9.17, 15) is 13.2 Å². The van der Waals surface area contributed by atoms with Crippen LogP contribution in [-0.4, -0.2) is 43.9 Å². The lowest BCUT2D eigenvalue weighted by molar-refractivity contribution is 0.0922. The fourth-order valence-corrected chi connectivity index (χ4v) is 4.16. The van der Waals surface area contributed by atoms with E-state index in [1.165, 1.54) is 32.3 Å². The summed E-state index contributed by atoms with van der Waals surface area (Å²) in [5.74, 6) is -0.429. The Kier molecular flexibility index (Phi) is 6.01. The number of benzene rings is 1. The topological polar surface area (TPSA) is 103 Å². The number of nitrogens with zero attached hydrogens (tertiary/aromatic N) is 2. The molecule has 1 fully saturated rings. The first-order valence-electron chi connectivity index (χ1n) is 8.65. The molecule has 0 radical (unpaired) electrons. The largest absolute Gasteiger partial charge is 0.335 e. The Morgan fingerprint density at radius 3 is 2.50 bits per heavy atom. The van der Waals surface area contributed by atoms with Crippen molar-refractivity contribution in [1.29, 1.82) is 0 Å². The van der Waals surface area contributed by atoms with Crippen molar-refractivity contribution in [2.45, 2.75) is 24.0 Å². The highest BCUT2D eigenvalue weighted by Gasteiger charge is 2.34. The van der Waals surface area contributed by atoms with Gasteiger partial charge < -0.3 is 5.32 Å². The number of sulfonamides is 1. The fraction of sp³-hybridized carbons (Fsp3) is 0.333. The van der Waals surface area contributed by atoms with Gasteiger partial charge in [-0.05, 0) is 35.9 Å². The van der Waals surface area contributed by atoms with E-state index in [0.29, 0.717) is 0 Å². The number of amides is 1. The molecule has 3 N–H and O–H groups in total. The monoisotopic (exact) mass is 423 g/mol. The predicted octanol–water partition coefficient (Wildman–Crippen LogP) is 1.53. The van der Waals surface area contributed by atoms with Gasteiger partial charge in [-0.2, -0.15) is 0 Å². The van der Waals surface area contributed by atoms with Gasteiger partial charge in [-0.3, -0.25) is 9.78 Å². The number of hydrogen-bond acceptors (Lipinski definition) is 6. The standard InChI is InChI=1S/C18H22ClN5O3S/c1-11-16(12-6-8-20-9-7-12)22-23-17(11)21-18(25)14-10-13(4-5-15(14)19)28(26,27)24(2)3/h4-11,16-17,22-23H,1-3H3,(H,21,25). The number of rotatable bonds is 5. The van der Waals surface area contributed by atoms with Crippen LogP contribution < -0.4 is 16.2 Å². The fourth-order valence-electron chi connectivity index (χ4n) is 3.03. The van der Waals surface area contributed by atoms with Crippen molar-refractivity contribution >= 4 is 27.5 Å². The summed E-state index contributed by atoms with van der Waals surface area (Å²) >= 11 is 6.15. The highest BCUT2D eigenvalue weighted by atomic mass is 35.5. The van der Waals surface area contributed by atoms with Crippen LogP contribution in [0.5, 0.6) is 0 Å². The Bertz CT molecular complexity index is 968. The molecular weight excluding hydrogens is 402 g/mol. The molecule has 3 unspecified atom stereocenters. The average molecular weight is 424 g/mol. The van der Waals surface area contributed by atoms with Gasteiger partial charge in [0.15, 0.2) is 0 Å². The van der Waals surface area contributed by atoms with Crippen LogP contribution in [0.3, 0.4) is 0 Å². The normalized spacial score (nSPS) is 22.4. The van der Waals surface area contributed by atoms with Gasteiger partial charge in [-0.25, -0.2) is 23.6 Å². The number of hydrazine groups is 1. The molecule has 0 aliphatic carbocycles. The molecule has 1 aromatic carbocycles. The van der Waals surface area contributed by atoms with Crippen LogP contribution in [-0.2, 0) is 10.0 Å². The molecule has 0 saturated carbocycles. The molecule has 1 aromatic heterocycles. The second kappa shape index (κ2) is 8.14. The van der Waals surface area contributed by atoms with Crippen molar-refractivity contribution in [3.8, 4) is 0 Å². The molecule has 3 rings (SSSR count). The van der Waals surface area contributed by atoms with E-state index in [2.05, 4.69) is 21.2 Å². The molecular formula is C18H22ClN5O3S. The molecule has 1 aliphatic rings. The first-order chi connectivity index (χ1) is 13.2. The van der Waals surface area contributed by atoms with Gasteiger partial charge in [0.05, 0.1) is 27.7 Å². The molecule has 1 amide bonds. The van der Waals surface area contributed by atoms with Crippen LogP contribution in [0.25, 0.3) is 0 Å². The predicted molar refractivity (Wildman–Crippen MR) is 106 cm³/mol. The van der Waals surface area contributed by atoms with Gasteiger partial charge in [-0.1, -0.05) is 18.5 Å². The van der Waals surface area contributed by atoms with Crippen molar-refractivity contribution < 1.29 is 13.2 Å². The zero-order chi connectivity index (χ0) is 20.5. The molecule has 2 aromatic rings. The number of aromatic nitrogens is 1. The van der Waals surface area contributed by atoms with Crippen LogP contribution in [0.2, 0.25) is 5.02 Å². The van der Waals surface area contributed by atoms with Crippen molar-refractivity contribution in [3.05, 3.63) is 58.9 Å². The summed E-state index contributed by atoms with van der Waals surface area (Å²) in [4.78, 5) is 16.8. The zero-order valence-corrected chi connectivity index (χ0v) is 17.3. The first-order valence-corrected chi connectivity index (χ1v) is 10.5. The SMILES string of the molecule is CC1C(NC(=O)c2cc(S(=O)(=O)N(C)C)ccc2Cl)NNC1c1ccncc1. The minimum atomic E-state index is -3.67. The summed E-state index contributed by atoms with van der Waals surface area (Å²) in [7, 11) is -0.813. The van der Waals surface area contributed by atoms with Crippen LogP contribution in [0, 0.1) is 5.92 Å². The minimum Gasteiger partial charge on any atom is -0.335 e. The van der Waals surface area contributed by atoms with E-state index in [1.807, 2.05) is 19.1 Å². The smallest absolute Gasteiger partial charge is 0.254 e. The summed E-state index contributed by atoms with van der Waals surface area (Å²) in [6.07, 6.45) is 3.06. The number of halogens is 1. The number of hydrogen-bond donors (Lipinski definition) is 3. The molecule has 3 atom stereocenters. The molecule has 0 spiro atoms. The lowest BCUT2D eigenvalue weighted by Gasteiger charge is -2.20. The van der Waals surface area contributed by atoms with Gasteiger partial charge >= 0.3 is 0 Å². The Morgan fingerprint density at radius 1 is 1.18 bits per heavy atom. The van der Waals surface area contributed by atoms with Gasteiger partial charge in [0.1, 0.15) is 0 Å². The quantitative estimate of drug-likeness (QED) is 0.673. The zero-order valence-electron chi connectivity index (χ0n) is 15.7. The lowest BCUT2D eigenvalue weighted by Crippen LogP contribution is -2.46. The van der Waals surface area contributed by atoms with E-state index in [1.54, 1.807) is 12.4 Å². The van der Waals surface area contributed by atoms with E-state index in [0.717, 1.165) is 9.87 Å². The van der Waals surface area contributed by atoms with Crippen molar-refractivity contribution in [2.24, 2.45) is 5.92 Å². The number of nitrogens with one attached hydrogen (secondary N) is 3.